The number of benzene rings is 1. The van der Waals surface area contributed by atoms with Crippen LogP contribution in [0.1, 0.15) is 12.5 Å². The van der Waals surface area contributed by atoms with E-state index in [9.17, 15) is 4.79 Å². The molecule has 0 aliphatic rings. The predicted molar refractivity (Wildman–Crippen MR) is 58.0 cm³/mol. The van der Waals surface area contributed by atoms with Crippen LogP contribution in [0, 0.1) is 23.7 Å². The average molecular weight is 198 g/mol. The number of terminal acetylenes is 1. The Morgan fingerprint density at radius 1 is 1.47 bits per heavy atom. The topological polar surface area (TPSA) is 44.1 Å². The van der Waals surface area contributed by atoms with Gasteiger partial charge in [0.2, 0.25) is 5.91 Å². The zero-order valence-electron chi connectivity index (χ0n) is 8.40. The van der Waals surface area contributed by atoms with E-state index in [1.165, 1.54) is 11.8 Å². The van der Waals surface area contributed by atoms with E-state index in [2.05, 4.69) is 5.92 Å². The van der Waals surface area contributed by atoms with Crippen molar-refractivity contribution in [2.45, 2.75) is 6.92 Å². The van der Waals surface area contributed by atoms with Crippen LogP contribution in [0.3, 0.4) is 0 Å². The van der Waals surface area contributed by atoms with Crippen LogP contribution in [0.4, 0.5) is 5.69 Å². The first kappa shape index (κ1) is 10.8. The van der Waals surface area contributed by atoms with Crippen molar-refractivity contribution in [2.75, 3.05) is 11.4 Å². The Balaban J connectivity index is 2.98. The zero-order chi connectivity index (χ0) is 11.3. The highest BCUT2D eigenvalue weighted by atomic mass is 16.2. The lowest BCUT2D eigenvalue weighted by atomic mass is 10.2. The molecule has 0 fully saturated rings. The summed E-state index contributed by atoms with van der Waals surface area (Å²) >= 11 is 0. The van der Waals surface area contributed by atoms with Gasteiger partial charge in [-0.15, -0.1) is 6.42 Å². The minimum atomic E-state index is -0.113. The minimum absolute atomic E-state index is 0.113. The summed E-state index contributed by atoms with van der Waals surface area (Å²) in [6, 6.07) is 8.73. The van der Waals surface area contributed by atoms with Crippen molar-refractivity contribution in [3.05, 3.63) is 29.8 Å². The minimum Gasteiger partial charge on any atom is -0.301 e. The van der Waals surface area contributed by atoms with Gasteiger partial charge < -0.3 is 4.90 Å². The molecule has 0 heterocycles. The fourth-order valence-electron chi connectivity index (χ4n) is 1.19. The molecule has 0 bridgehead atoms. The van der Waals surface area contributed by atoms with Crippen LogP contribution in [0.25, 0.3) is 0 Å². The van der Waals surface area contributed by atoms with Crippen molar-refractivity contribution in [1.29, 1.82) is 5.26 Å². The maximum Gasteiger partial charge on any atom is 0.224 e. The van der Waals surface area contributed by atoms with Gasteiger partial charge in [0, 0.05) is 12.6 Å². The second kappa shape index (κ2) is 4.83. The third kappa shape index (κ3) is 2.59. The van der Waals surface area contributed by atoms with E-state index in [0.717, 1.165) is 0 Å². The molecule has 0 atom stereocenters. The van der Waals surface area contributed by atoms with E-state index in [1.54, 1.807) is 24.3 Å². The Morgan fingerprint density at radius 3 is 2.47 bits per heavy atom. The summed E-state index contributed by atoms with van der Waals surface area (Å²) in [6.45, 7) is 1.69. The van der Waals surface area contributed by atoms with Gasteiger partial charge in [-0.2, -0.15) is 5.26 Å². The Morgan fingerprint density at radius 2 is 2.07 bits per heavy atom. The lowest BCUT2D eigenvalue weighted by molar-refractivity contribution is -0.116. The number of amides is 1. The molecular formula is C12H10N2O. The first-order valence-corrected chi connectivity index (χ1v) is 4.40. The Hall–Kier alpha value is -2.26. The number of hydrogen-bond donors (Lipinski definition) is 0. The van der Waals surface area contributed by atoms with Gasteiger partial charge in [-0.25, -0.2) is 0 Å². The quantitative estimate of drug-likeness (QED) is 0.676. The molecule has 0 spiro atoms. The van der Waals surface area contributed by atoms with Gasteiger partial charge in [0.05, 0.1) is 18.2 Å². The molecule has 0 aromatic heterocycles. The van der Waals surface area contributed by atoms with Crippen LogP contribution in [-0.4, -0.2) is 12.5 Å². The summed E-state index contributed by atoms with van der Waals surface area (Å²) in [5.74, 6) is 2.30. The molecule has 0 aliphatic carbocycles. The third-order valence-electron chi connectivity index (χ3n) is 1.94. The molecule has 1 amide bonds. The van der Waals surface area contributed by atoms with E-state index in [4.69, 9.17) is 11.7 Å². The summed E-state index contributed by atoms with van der Waals surface area (Å²) in [5.41, 5.74) is 1.27. The third-order valence-corrected chi connectivity index (χ3v) is 1.94. The monoisotopic (exact) mass is 198 g/mol. The summed E-state index contributed by atoms with van der Waals surface area (Å²) in [7, 11) is 0. The molecule has 74 valence electrons. The Bertz CT molecular complexity index is 434. The Labute approximate surface area is 88.9 Å². The Kier molecular flexibility index (Phi) is 3.49. The molecule has 1 aromatic carbocycles. The smallest absolute Gasteiger partial charge is 0.224 e. The first-order valence-electron chi connectivity index (χ1n) is 4.40. The van der Waals surface area contributed by atoms with Gasteiger partial charge in [0.1, 0.15) is 0 Å². The maximum absolute atomic E-state index is 11.3. The standard InChI is InChI=1S/C12H10N2O/c1-3-8-14(10(2)15)12-6-4-11(9-13)5-7-12/h1,4-7H,8H2,2H3. The van der Waals surface area contributed by atoms with Crippen LogP contribution < -0.4 is 4.90 Å². The highest BCUT2D eigenvalue weighted by Gasteiger charge is 2.09. The van der Waals surface area contributed by atoms with Crippen molar-refractivity contribution < 1.29 is 4.79 Å². The molecule has 1 rings (SSSR count). The molecule has 1 aromatic rings. The number of nitriles is 1. The van der Waals surface area contributed by atoms with Gasteiger partial charge in [-0.3, -0.25) is 4.79 Å². The number of anilines is 1. The molecule has 0 saturated carbocycles. The van der Waals surface area contributed by atoms with Gasteiger partial charge >= 0.3 is 0 Å². The molecule has 3 nitrogen and oxygen atoms in total. The second-order valence-corrected chi connectivity index (χ2v) is 2.97. The van der Waals surface area contributed by atoms with Gasteiger partial charge in [0.15, 0.2) is 0 Å². The maximum atomic E-state index is 11.3. The fourth-order valence-corrected chi connectivity index (χ4v) is 1.19. The largest absolute Gasteiger partial charge is 0.301 e. The van der Waals surface area contributed by atoms with E-state index in [0.29, 0.717) is 11.3 Å². The number of carbonyl (C=O) groups is 1. The van der Waals surface area contributed by atoms with Gasteiger partial charge in [-0.05, 0) is 24.3 Å². The lowest BCUT2D eigenvalue weighted by Gasteiger charge is -2.17. The van der Waals surface area contributed by atoms with E-state index in [1.807, 2.05) is 6.07 Å². The highest BCUT2D eigenvalue weighted by molar-refractivity contribution is 5.91. The zero-order valence-corrected chi connectivity index (χ0v) is 8.40. The lowest BCUT2D eigenvalue weighted by Crippen LogP contribution is -2.28. The van der Waals surface area contributed by atoms with Crippen LogP contribution in [-0.2, 0) is 4.79 Å². The highest BCUT2D eigenvalue weighted by Crippen LogP contribution is 2.14. The van der Waals surface area contributed by atoms with Gasteiger partial charge in [-0.1, -0.05) is 5.92 Å². The molecule has 3 heteroatoms. The van der Waals surface area contributed by atoms with Crippen LogP contribution >= 0.6 is 0 Å². The number of nitrogens with zero attached hydrogens (tertiary/aromatic N) is 2. The molecule has 0 N–H and O–H groups in total. The van der Waals surface area contributed by atoms with Crippen molar-refractivity contribution in [3.63, 3.8) is 0 Å². The van der Waals surface area contributed by atoms with Crippen molar-refractivity contribution in [3.8, 4) is 18.4 Å². The fraction of sp³-hybridized carbons (Fsp3) is 0.167. The van der Waals surface area contributed by atoms with E-state index < -0.39 is 0 Å². The van der Waals surface area contributed by atoms with Crippen molar-refractivity contribution >= 4 is 11.6 Å². The summed E-state index contributed by atoms with van der Waals surface area (Å²) in [6.07, 6.45) is 5.16. The van der Waals surface area contributed by atoms with Crippen LogP contribution in [0.2, 0.25) is 0 Å². The van der Waals surface area contributed by atoms with Crippen molar-refractivity contribution in [1.82, 2.24) is 0 Å². The number of rotatable bonds is 2. The molecule has 15 heavy (non-hydrogen) atoms. The predicted octanol–water partition coefficient (Wildman–Crippen LogP) is 1.54. The van der Waals surface area contributed by atoms with E-state index in [-0.39, 0.29) is 12.5 Å². The van der Waals surface area contributed by atoms with E-state index >= 15 is 0 Å². The molecule has 0 radical (unpaired) electrons. The summed E-state index contributed by atoms with van der Waals surface area (Å²) < 4.78 is 0. The molecule has 0 aliphatic heterocycles. The molecular weight excluding hydrogens is 188 g/mol. The molecule has 0 saturated heterocycles. The second-order valence-electron chi connectivity index (χ2n) is 2.97. The first-order chi connectivity index (χ1) is 7.19. The van der Waals surface area contributed by atoms with Gasteiger partial charge in [0.25, 0.3) is 0 Å². The van der Waals surface area contributed by atoms with Crippen LogP contribution in [0.5, 0.6) is 0 Å². The summed E-state index contributed by atoms with van der Waals surface area (Å²) in [5, 5.41) is 8.62. The number of hydrogen-bond acceptors (Lipinski definition) is 2. The normalized spacial score (nSPS) is 8.73. The van der Waals surface area contributed by atoms with Crippen molar-refractivity contribution in [2.24, 2.45) is 0 Å². The molecule has 0 unspecified atom stereocenters. The van der Waals surface area contributed by atoms with Crippen LogP contribution in [0.15, 0.2) is 24.3 Å². The number of carbonyl (C=O) groups excluding carboxylic acids is 1. The average Bonchev–Trinajstić information content (AvgIpc) is 2.26. The summed E-state index contributed by atoms with van der Waals surface area (Å²) in [4.78, 5) is 12.7. The SMILES string of the molecule is C#CCN(C(C)=O)c1ccc(C#N)cc1.